The summed E-state index contributed by atoms with van der Waals surface area (Å²) in [5.41, 5.74) is 2.19. The SMILES string of the molecule is CCCn1ncnc1CC(O)c1ccccc1CC. The van der Waals surface area contributed by atoms with Crippen LogP contribution in [0.3, 0.4) is 0 Å². The van der Waals surface area contributed by atoms with Crippen molar-refractivity contribution in [1.29, 1.82) is 0 Å². The van der Waals surface area contributed by atoms with E-state index in [0.717, 1.165) is 30.8 Å². The Hall–Kier alpha value is -1.68. The van der Waals surface area contributed by atoms with Gasteiger partial charge in [0.05, 0.1) is 6.10 Å². The van der Waals surface area contributed by atoms with Crippen LogP contribution >= 0.6 is 0 Å². The number of hydrogen-bond donors (Lipinski definition) is 1. The molecule has 1 heterocycles. The zero-order valence-corrected chi connectivity index (χ0v) is 11.6. The van der Waals surface area contributed by atoms with E-state index >= 15 is 0 Å². The molecule has 2 aromatic rings. The largest absolute Gasteiger partial charge is 0.388 e. The first-order valence-electron chi connectivity index (χ1n) is 6.88. The average Bonchev–Trinajstić information content (AvgIpc) is 2.86. The Morgan fingerprint density at radius 1 is 1.26 bits per heavy atom. The van der Waals surface area contributed by atoms with Gasteiger partial charge in [0, 0.05) is 13.0 Å². The molecule has 0 aliphatic heterocycles. The van der Waals surface area contributed by atoms with Gasteiger partial charge in [0.25, 0.3) is 0 Å². The number of aryl methyl sites for hydroxylation is 2. The maximum absolute atomic E-state index is 10.4. The van der Waals surface area contributed by atoms with Crippen molar-refractivity contribution in [2.24, 2.45) is 0 Å². The number of aliphatic hydroxyl groups is 1. The van der Waals surface area contributed by atoms with Crippen molar-refractivity contribution in [2.45, 2.75) is 45.8 Å². The highest BCUT2D eigenvalue weighted by Crippen LogP contribution is 2.21. The lowest BCUT2D eigenvalue weighted by molar-refractivity contribution is 0.173. The number of nitrogens with zero attached hydrogens (tertiary/aromatic N) is 3. The summed E-state index contributed by atoms with van der Waals surface area (Å²) in [6, 6.07) is 8.03. The van der Waals surface area contributed by atoms with Crippen LogP contribution in [0.1, 0.15) is 43.3 Å². The molecule has 0 fully saturated rings. The summed E-state index contributed by atoms with van der Waals surface area (Å²) in [5, 5.41) is 14.6. The van der Waals surface area contributed by atoms with Crippen LogP contribution in [0.2, 0.25) is 0 Å². The Morgan fingerprint density at radius 3 is 2.79 bits per heavy atom. The lowest BCUT2D eigenvalue weighted by atomic mass is 9.98. The zero-order valence-electron chi connectivity index (χ0n) is 11.6. The highest BCUT2D eigenvalue weighted by Gasteiger charge is 2.15. The predicted octanol–water partition coefficient (Wildman–Crippen LogP) is 2.53. The van der Waals surface area contributed by atoms with Crippen LogP contribution in [0.25, 0.3) is 0 Å². The van der Waals surface area contributed by atoms with Crippen molar-refractivity contribution in [3.63, 3.8) is 0 Å². The molecule has 0 saturated carbocycles. The van der Waals surface area contributed by atoms with Crippen molar-refractivity contribution >= 4 is 0 Å². The third-order valence-electron chi connectivity index (χ3n) is 3.30. The van der Waals surface area contributed by atoms with Crippen molar-refractivity contribution in [3.05, 3.63) is 47.5 Å². The molecule has 0 bridgehead atoms. The fourth-order valence-corrected chi connectivity index (χ4v) is 2.31. The van der Waals surface area contributed by atoms with E-state index in [0.29, 0.717) is 6.42 Å². The van der Waals surface area contributed by atoms with Gasteiger partial charge in [-0.1, -0.05) is 38.1 Å². The van der Waals surface area contributed by atoms with E-state index < -0.39 is 6.10 Å². The Balaban J connectivity index is 2.16. The Labute approximate surface area is 114 Å². The van der Waals surface area contributed by atoms with Gasteiger partial charge in [-0.15, -0.1) is 0 Å². The van der Waals surface area contributed by atoms with E-state index in [1.165, 1.54) is 5.56 Å². The Kier molecular flexibility index (Phi) is 4.68. The number of aromatic nitrogens is 3. The number of rotatable bonds is 6. The summed E-state index contributed by atoms with van der Waals surface area (Å²) >= 11 is 0. The van der Waals surface area contributed by atoms with Crippen LogP contribution in [0, 0.1) is 0 Å². The fourth-order valence-electron chi connectivity index (χ4n) is 2.31. The predicted molar refractivity (Wildman–Crippen MR) is 74.8 cm³/mol. The average molecular weight is 259 g/mol. The summed E-state index contributed by atoms with van der Waals surface area (Å²) in [5.74, 6) is 0.847. The lowest BCUT2D eigenvalue weighted by Gasteiger charge is -2.14. The highest BCUT2D eigenvalue weighted by atomic mass is 16.3. The Bertz CT molecular complexity index is 522. The normalized spacial score (nSPS) is 12.6. The second-order valence-corrected chi connectivity index (χ2v) is 4.67. The van der Waals surface area contributed by atoms with E-state index in [-0.39, 0.29) is 0 Å². The lowest BCUT2D eigenvalue weighted by Crippen LogP contribution is -2.11. The van der Waals surface area contributed by atoms with Crippen LogP contribution in [0.4, 0.5) is 0 Å². The molecule has 1 atom stereocenters. The zero-order chi connectivity index (χ0) is 13.7. The van der Waals surface area contributed by atoms with E-state index in [1.807, 2.05) is 22.9 Å². The number of hydrogen-bond acceptors (Lipinski definition) is 3. The van der Waals surface area contributed by atoms with Crippen LogP contribution in [-0.4, -0.2) is 19.9 Å². The third kappa shape index (κ3) is 3.20. The fraction of sp³-hybridized carbons (Fsp3) is 0.467. The smallest absolute Gasteiger partial charge is 0.138 e. The first kappa shape index (κ1) is 13.7. The van der Waals surface area contributed by atoms with Crippen LogP contribution < -0.4 is 0 Å². The highest BCUT2D eigenvalue weighted by molar-refractivity contribution is 5.29. The molecular formula is C15H21N3O. The first-order valence-corrected chi connectivity index (χ1v) is 6.88. The molecule has 1 N–H and O–H groups in total. The minimum atomic E-state index is -0.518. The summed E-state index contributed by atoms with van der Waals surface area (Å²) in [7, 11) is 0. The molecular weight excluding hydrogens is 238 g/mol. The van der Waals surface area contributed by atoms with Crippen LogP contribution in [-0.2, 0) is 19.4 Å². The van der Waals surface area contributed by atoms with Gasteiger partial charge < -0.3 is 5.11 Å². The molecule has 19 heavy (non-hydrogen) atoms. The molecule has 1 aromatic carbocycles. The van der Waals surface area contributed by atoms with Crippen molar-refractivity contribution in [3.8, 4) is 0 Å². The number of benzene rings is 1. The van der Waals surface area contributed by atoms with Gasteiger partial charge in [0.15, 0.2) is 0 Å². The molecule has 4 nitrogen and oxygen atoms in total. The van der Waals surface area contributed by atoms with Gasteiger partial charge in [-0.25, -0.2) is 4.98 Å². The third-order valence-corrected chi connectivity index (χ3v) is 3.30. The maximum atomic E-state index is 10.4. The summed E-state index contributed by atoms with van der Waals surface area (Å²) in [4.78, 5) is 4.25. The summed E-state index contributed by atoms with van der Waals surface area (Å²) < 4.78 is 1.87. The molecule has 1 aromatic heterocycles. The summed E-state index contributed by atoms with van der Waals surface area (Å²) in [6.45, 7) is 5.05. The van der Waals surface area contributed by atoms with Gasteiger partial charge in [-0.05, 0) is 24.0 Å². The summed E-state index contributed by atoms with van der Waals surface area (Å²) in [6.07, 6.45) is 3.49. The maximum Gasteiger partial charge on any atom is 0.138 e. The Morgan fingerprint density at radius 2 is 2.05 bits per heavy atom. The number of aliphatic hydroxyl groups excluding tert-OH is 1. The van der Waals surface area contributed by atoms with Gasteiger partial charge in [-0.2, -0.15) is 5.10 Å². The minimum absolute atomic E-state index is 0.511. The monoisotopic (exact) mass is 259 g/mol. The van der Waals surface area contributed by atoms with E-state index in [4.69, 9.17) is 0 Å². The molecule has 102 valence electrons. The van der Waals surface area contributed by atoms with Crippen LogP contribution in [0.5, 0.6) is 0 Å². The van der Waals surface area contributed by atoms with Crippen molar-refractivity contribution in [1.82, 2.24) is 14.8 Å². The standard InChI is InChI=1S/C15H21N3O/c1-3-9-18-15(16-11-17-18)10-14(19)13-8-6-5-7-12(13)4-2/h5-8,11,14,19H,3-4,9-10H2,1-2H3. The second kappa shape index (κ2) is 6.48. The molecule has 0 radical (unpaired) electrons. The van der Waals surface area contributed by atoms with Crippen LogP contribution in [0.15, 0.2) is 30.6 Å². The molecule has 0 saturated heterocycles. The van der Waals surface area contributed by atoms with Crippen molar-refractivity contribution < 1.29 is 5.11 Å². The minimum Gasteiger partial charge on any atom is -0.388 e. The quantitative estimate of drug-likeness (QED) is 0.867. The molecule has 0 amide bonds. The molecule has 2 rings (SSSR count). The van der Waals surface area contributed by atoms with Gasteiger partial charge in [-0.3, -0.25) is 4.68 Å². The second-order valence-electron chi connectivity index (χ2n) is 4.67. The van der Waals surface area contributed by atoms with Gasteiger partial charge in [0.2, 0.25) is 0 Å². The topological polar surface area (TPSA) is 50.9 Å². The van der Waals surface area contributed by atoms with Gasteiger partial charge in [0.1, 0.15) is 12.2 Å². The van der Waals surface area contributed by atoms with E-state index in [9.17, 15) is 5.11 Å². The molecule has 0 aliphatic rings. The molecule has 4 heteroatoms. The molecule has 0 aliphatic carbocycles. The van der Waals surface area contributed by atoms with Crippen molar-refractivity contribution in [2.75, 3.05) is 0 Å². The molecule has 1 unspecified atom stereocenters. The van der Waals surface area contributed by atoms with E-state index in [1.54, 1.807) is 6.33 Å². The first-order chi connectivity index (χ1) is 9.26. The van der Waals surface area contributed by atoms with E-state index in [2.05, 4.69) is 30.0 Å². The molecule has 0 spiro atoms. The van der Waals surface area contributed by atoms with Gasteiger partial charge >= 0.3 is 0 Å².